The number of nitrogens with zero attached hydrogens (tertiary/aromatic N) is 2. The van der Waals surface area contributed by atoms with Gasteiger partial charge < -0.3 is 5.11 Å². The van der Waals surface area contributed by atoms with Gasteiger partial charge in [-0.3, -0.25) is 14.8 Å². The summed E-state index contributed by atoms with van der Waals surface area (Å²) >= 11 is 1.85. The second kappa shape index (κ2) is 18.4. The van der Waals surface area contributed by atoms with Crippen LogP contribution in [0, 0.1) is 23.8 Å². The number of aromatic nitrogens is 2. The van der Waals surface area contributed by atoms with Crippen molar-refractivity contribution in [2.75, 3.05) is 0 Å². The summed E-state index contributed by atoms with van der Waals surface area (Å²) in [5, 5.41) is 13.4. The Morgan fingerprint density at radius 1 is 0.849 bits per heavy atom. The van der Waals surface area contributed by atoms with Gasteiger partial charge >= 0.3 is 0 Å². The standard InChI is InChI=1S/C34H27N2S.C13H24O2.Ir/c1-21(2)16-22-17-25-12-13-28-29-14-15-35-32(34(29)37-33(28)31(25)36-20-22)26-18-24-10-6-7-11-27(24)30(19-26)23-8-4-3-5-9-23;1-5-10(6-2)12(14)9-13(15)11(7-3)8-4;/h3-11,14-15,17,19-21H,12-13,16H2,1-2H3;9-11,14H,5-8H2,1-4H3;/q-1;;/b;12-9-;. The molecule has 0 saturated carbocycles. The number of thiophene rings is 1. The minimum Gasteiger partial charge on any atom is -0.512 e. The van der Waals surface area contributed by atoms with Crippen LogP contribution in [0.15, 0.2) is 97.0 Å². The number of allylic oxidation sites excluding steroid dienone is 2. The molecule has 6 heteroatoms. The van der Waals surface area contributed by atoms with E-state index in [1.165, 1.54) is 54.2 Å². The molecule has 277 valence electrons. The molecule has 0 atom stereocenters. The van der Waals surface area contributed by atoms with E-state index in [2.05, 4.69) is 98.9 Å². The van der Waals surface area contributed by atoms with Gasteiger partial charge in [0, 0.05) is 60.8 Å². The second-order valence-electron chi connectivity index (χ2n) is 14.4. The van der Waals surface area contributed by atoms with Crippen LogP contribution in [-0.2, 0) is 44.2 Å². The van der Waals surface area contributed by atoms with E-state index < -0.39 is 0 Å². The Hall–Kier alpha value is -3.96. The first-order valence-electron chi connectivity index (χ1n) is 19.1. The molecule has 3 aromatic carbocycles. The van der Waals surface area contributed by atoms with Crippen molar-refractivity contribution < 1.29 is 30.0 Å². The van der Waals surface area contributed by atoms with Gasteiger partial charge in [-0.25, -0.2) is 0 Å². The number of hydrogen-bond donors (Lipinski definition) is 1. The summed E-state index contributed by atoms with van der Waals surface area (Å²) in [5.41, 5.74) is 9.80. The molecule has 0 spiro atoms. The number of hydrogen-bond acceptors (Lipinski definition) is 5. The molecule has 0 saturated heterocycles. The topological polar surface area (TPSA) is 63.1 Å². The predicted molar refractivity (Wildman–Crippen MR) is 220 cm³/mol. The Kier molecular flexibility index (Phi) is 14.0. The monoisotopic (exact) mass is 900 g/mol. The number of aliphatic hydroxyl groups is 1. The summed E-state index contributed by atoms with van der Waals surface area (Å²) in [7, 11) is 0. The molecule has 1 N–H and O–H groups in total. The summed E-state index contributed by atoms with van der Waals surface area (Å²) in [6.45, 7) is 12.6. The number of benzene rings is 3. The van der Waals surface area contributed by atoms with Crippen molar-refractivity contribution in [3.8, 4) is 33.0 Å². The SMILES string of the molecule is CC(C)Cc1cnc2c(c1)CCc1c-2sc2c(-c3[c-]c4ccccc4c(-c4ccccc4)c3)nccc12.CCC(CC)C(=O)/C=C(\O)C(CC)CC.[Ir]. The zero-order valence-electron chi connectivity index (χ0n) is 31.8. The Balaban J connectivity index is 0.000000290. The number of fused-ring (bicyclic) bond motifs is 6. The maximum absolute atomic E-state index is 11.7. The first-order chi connectivity index (χ1) is 25.3. The van der Waals surface area contributed by atoms with Crippen molar-refractivity contribution >= 4 is 38.0 Å². The minimum absolute atomic E-state index is 0. The quantitative estimate of drug-likeness (QED) is 0.0799. The number of aryl methyl sites for hydroxylation is 2. The molecule has 0 unspecified atom stereocenters. The summed E-state index contributed by atoms with van der Waals surface area (Å²) in [5.74, 6) is 1.18. The Morgan fingerprint density at radius 2 is 1.55 bits per heavy atom. The van der Waals surface area contributed by atoms with Gasteiger partial charge in [0.05, 0.1) is 16.3 Å². The number of ketones is 1. The average molecular weight is 900 g/mol. The smallest absolute Gasteiger partial charge is 0.162 e. The van der Waals surface area contributed by atoms with E-state index >= 15 is 0 Å². The third-order valence-corrected chi connectivity index (χ3v) is 11.7. The maximum Gasteiger partial charge on any atom is 0.162 e. The van der Waals surface area contributed by atoms with Gasteiger partial charge in [-0.05, 0) is 84.6 Å². The van der Waals surface area contributed by atoms with Gasteiger partial charge in [0.15, 0.2) is 5.78 Å². The normalized spacial score (nSPS) is 12.4. The molecule has 3 heterocycles. The zero-order valence-corrected chi connectivity index (χ0v) is 35.0. The van der Waals surface area contributed by atoms with E-state index in [-0.39, 0.29) is 43.5 Å². The Morgan fingerprint density at radius 3 is 2.25 bits per heavy atom. The fraction of sp³-hybridized carbons (Fsp3) is 0.340. The molecule has 6 aromatic rings. The van der Waals surface area contributed by atoms with Crippen LogP contribution in [0.2, 0.25) is 0 Å². The third-order valence-electron chi connectivity index (χ3n) is 10.4. The Bertz CT molecular complexity index is 2200. The molecule has 53 heavy (non-hydrogen) atoms. The van der Waals surface area contributed by atoms with E-state index in [1.54, 1.807) is 0 Å². The van der Waals surface area contributed by atoms with Crippen molar-refractivity contribution in [3.05, 3.63) is 120 Å². The molecule has 0 bridgehead atoms. The molecular formula is C47H51IrN2O2S-. The van der Waals surface area contributed by atoms with E-state index in [1.807, 2.05) is 45.2 Å². The Labute approximate surface area is 333 Å². The second-order valence-corrected chi connectivity index (χ2v) is 15.4. The van der Waals surface area contributed by atoms with Gasteiger partial charge in [0.25, 0.3) is 0 Å². The van der Waals surface area contributed by atoms with Crippen LogP contribution in [0.3, 0.4) is 0 Å². The maximum atomic E-state index is 11.7. The molecule has 3 aromatic heterocycles. The molecule has 1 radical (unpaired) electrons. The van der Waals surface area contributed by atoms with Gasteiger partial charge in [-0.15, -0.1) is 34.9 Å². The van der Waals surface area contributed by atoms with Crippen LogP contribution in [0.25, 0.3) is 53.8 Å². The number of carbonyl (C=O) groups excluding carboxylic acids is 1. The van der Waals surface area contributed by atoms with Crippen LogP contribution < -0.4 is 0 Å². The third kappa shape index (κ3) is 8.89. The van der Waals surface area contributed by atoms with Crippen molar-refractivity contribution in [2.45, 2.75) is 86.5 Å². The molecule has 0 amide bonds. The van der Waals surface area contributed by atoms with E-state index in [9.17, 15) is 9.90 Å². The zero-order chi connectivity index (χ0) is 36.8. The summed E-state index contributed by atoms with van der Waals surface area (Å²) < 4.78 is 1.24. The number of aliphatic hydroxyl groups excluding tert-OH is 1. The van der Waals surface area contributed by atoms with Crippen LogP contribution in [0.4, 0.5) is 0 Å². The van der Waals surface area contributed by atoms with E-state index in [4.69, 9.17) is 9.97 Å². The van der Waals surface area contributed by atoms with Crippen molar-refractivity contribution in [3.63, 3.8) is 0 Å². The molecule has 0 fully saturated rings. The number of rotatable bonds is 11. The summed E-state index contributed by atoms with van der Waals surface area (Å²) in [6, 6.07) is 29.7. The average Bonchev–Trinajstić information content (AvgIpc) is 3.55. The van der Waals surface area contributed by atoms with Crippen molar-refractivity contribution in [2.24, 2.45) is 17.8 Å². The van der Waals surface area contributed by atoms with Gasteiger partial charge in [-0.2, -0.15) is 0 Å². The van der Waals surface area contributed by atoms with Crippen molar-refractivity contribution in [1.29, 1.82) is 0 Å². The molecule has 1 aliphatic rings. The molecule has 4 nitrogen and oxygen atoms in total. The molecular weight excluding hydrogens is 849 g/mol. The van der Waals surface area contributed by atoms with Crippen LogP contribution in [-0.4, -0.2) is 20.9 Å². The molecule has 1 aliphatic carbocycles. The van der Waals surface area contributed by atoms with Crippen molar-refractivity contribution in [1.82, 2.24) is 9.97 Å². The number of carbonyl (C=O) groups is 1. The first-order valence-corrected chi connectivity index (χ1v) is 19.9. The predicted octanol–water partition coefficient (Wildman–Crippen LogP) is 12.8. The van der Waals surface area contributed by atoms with Crippen LogP contribution in [0.5, 0.6) is 0 Å². The molecule has 0 aliphatic heterocycles. The fourth-order valence-electron chi connectivity index (χ4n) is 7.50. The summed E-state index contributed by atoms with van der Waals surface area (Å²) in [4.78, 5) is 22.9. The largest absolute Gasteiger partial charge is 0.512 e. The fourth-order valence-corrected chi connectivity index (χ4v) is 8.88. The van der Waals surface area contributed by atoms with E-state index in [0.717, 1.165) is 67.3 Å². The number of pyridine rings is 2. The van der Waals surface area contributed by atoms with Crippen LogP contribution in [0.1, 0.15) is 83.9 Å². The molecule has 7 rings (SSSR count). The minimum atomic E-state index is 0. The van der Waals surface area contributed by atoms with Crippen LogP contribution >= 0.6 is 11.3 Å². The van der Waals surface area contributed by atoms with Gasteiger partial charge in [0.2, 0.25) is 0 Å². The van der Waals surface area contributed by atoms with E-state index in [0.29, 0.717) is 5.92 Å². The van der Waals surface area contributed by atoms with Gasteiger partial charge in [0.1, 0.15) is 0 Å². The van der Waals surface area contributed by atoms with Gasteiger partial charge in [-0.1, -0.05) is 113 Å². The first kappa shape index (κ1) is 40.2. The summed E-state index contributed by atoms with van der Waals surface area (Å²) in [6.07, 6.45) is 12.1.